The molecule has 0 bridgehead atoms. The minimum atomic E-state index is -0.944. The van der Waals surface area contributed by atoms with Gasteiger partial charge in [0.25, 0.3) is 0 Å². The number of carboxylic acid groups (broad SMARTS) is 1. The number of hydrogen-bond donors (Lipinski definition) is 1. The van der Waals surface area contributed by atoms with E-state index in [-0.39, 0.29) is 5.41 Å². The highest BCUT2D eigenvalue weighted by Gasteiger charge is 2.12. The van der Waals surface area contributed by atoms with Gasteiger partial charge in [0.05, 0.1) is 0 Å². The molecule has 1 heterocycles. The van der Waals surface area contributed by atoms with Gasteiger partial charge in [-0.1, -0.05) is 26.8 Å². The summed E-state index contributed by atoms with van der Waals surface area (Å²) in [6.45, 7) is 6.49. The zero-order valence-electron chi connectivity index (χ0n) is 10.3. The summed E-state index contributed by atoms with van der Waals surface area (Å²) in [7, 11) is 0. The summed E-state index contributed by atoms with van der Waals surface area (Å²) in [6.07, 6.45) is 4.45. The number of aromatic nitrogens is 1. The second kappa shape index (κ2) is 5.87. The molecule has 0 saturated carbocycles. The first-order valence-electron chi connectivity index (χ1n) is 5.37. The zero-order chi connectivity index (χ0) is 12.9. The Labute approximate surface area is 106 Å². The fourth-order valence-electron chi connectivity index (χ4n) is 1.10. The van der Waals surface area contributed by atoms with E-state index in [9.17, 15) is 4.79 Å². The quantitative estimate of drug-likeness (QED) is 0.659. The standard InChI is InChI=1S/C13H17NO2S/c1-13(2,3)9-17-12-10(5-4-8-14-12)6-7-11(15)16/h4-8H,9H2,1-3H3,(H,15,16). The molecule has 17 heavy (non-hydrogen) atoms. The number of rotatable bonds is 4. The maximum Gasteiger partial charge on any atom is 0.328 e. The first-order valence-corrected chi connectivity index (χ1v) is 6.36. The van der Waals surface area contributed by atoms with Crippen molar-refractivity contribution in [1.82, 2.24) is 4.98 Å². The third-order valence-corrected chi connectivity index (χ3v) is 3.47. The third kappa shape index (κ3) is 5.54. The van der Waals surface area contributed by atoms with Crippen LogP contribution in [0.3, 0.4) is 0 Å². The summed E-state index contributed by atoms with van der Waals surface area (Å²) in [6, 6.07) is 3.68. The number of hydrogen-bond acceptors (Lipinski definition) is 3. The van der Waals surface area contributed by atoms with Crippen molar-refractivity contribution in [1.29, 1.82) is 0 Å². The van der Waals surface area contributed by atoms with E-state index >= 15 is 0 Å². The summed E-state index contributed by atoms with van der Waals surface area (Å²) in [4.78, 5) is 14.8. The molecule has 0 unspecified atom stereocenters. The van der Waals surface area contributed by atoms with Crippen LogP contribution in [0.1, 0.15) is 26.3 Å². The van der Waals surface area contributed by atoms with Crippen LogP contribution in [-0.2, 0) is 4.79 Å². The average Bonchev–Trinajstić information content (AvgIpc) is 2.23. The number of carboxylic acids is 1. The lowest BCUT2D eigenvalue weighted by Gasteiger charge is -2.17. The van der Waals surface area contributed by atoms with Crippen LogP contribution in [0.2, 0.25) is 0 Å². The Balaban J connectivity index is 2.81. The number of nitrogens with zero attached hydrogens (tertiary/aromatic N) is 1. The van der Waals surface area contributed by atoms with E-state index in [0.717, 1.165) is 22.4 Å². The highest BCUT2D eigenvalue weighted by Crippen LogP contribution is 2.28. The Hall–Kier alpha value is -1.29. The molecule has 0 spiro atoms. The van der Waals surface area contributed by atoms with Gasteiger partial charge in [0.1, 0.15) is 5.03 Å². The Kier molecular flexibility index (Phi) is 4.75. The van der Waals surface area contributed by atoms with Crippen LogP contribution in [0.15, 0.2) is 29.4 Å². The van der Waals surface area contributed by atoms with Gasteiger partial charge in [-0.2, -0.15) is 0 Å². The number of aliphatic carboxylic acids is 1. The van der Waals surface area contributed by atoms with Crippen molar-refractivity contribution in [3.63, 3.8) is 0 Å². The van der Waals surface area contributed by atoms with Crippen molar-refractivity contribution in [2.24, 2.45) is 5.41 Å². The number of thioether (sulfide) groups is 1. The monoisotopic (exact) mass is 251 g/mol. The smallest absolute Gasteiger partial charge is 0.328 e. The van der Waals surface area contributed by atoms with E-state index in [0.29, 0.717) is 0 Å². The fourth-order valence-corrected chi connectivity index (χ4v) is 2.10. The van der Waals surface area contributed by atoms with Gasteiger partial charge in [0, 0.05) is 23.6 Å². The molecule has 0 aliphatic carbocycles. The Bertz CT molecular complexity index is 422. The molecular weight excluding hydrogens is 234 g/mol. The highest BCUT2D eigenvalue weighted by molar-refractivity contribution is 7.99. The predicted molar refractivity (Wildman–Crippen MR) is 71.1 cm³/mol. The van der Waals surface area contributed by atoms with Crippen molar-refractivity contribution >= 4 is 23.8 Å². The SMILES string of the molecule is CC(C)(C)CSc1ncccc1C=CC(=O)O. The van der Waals surface area contributed by atoms with Crippen molar-refractivity contribution in [3.8, 4) is 0 Å². The summed E-state index contributed by atoms with van der Waals surface area (Å²) < 4.78 is 0. The van der Waals surface area contributed by atoms with Crippen molar-refractivity contribution in [2.75, 3.05) is 5.75 Å². The van der Waals surface area contributed by atoms with Gasteiger partial charge in [-0.3, -0.25) is 0 Å². The maximum atomic E-state index is 10.5. The second-order valence-corrected chi connectivity index (χ2v) is 5.88. The molecule has 1 aromatic rings. The third-order valence-electron chi connectivity index (χ3n) is 1.85. The molecule has 0 aromatic carbocycles. The Morgan fingerprint density at radius 3 is 2.82 bits per heavy atom. The molecule has 1 aromatic heterocycles. The minimum Gasteiger partial charge on any atom is -0.478 e. The van der Waals surface area contributed by atoms with Gasteiger partial charge in [-0.15, -0.1) is 11.8 Å². The largest absolute Gasteiger partial charge is 0.478 e. The van der Waals surface area contributed by atoms with Gasteiger partial charge in [-0.05, 0) is 17.6 Å². The molecule has 0 aliphatic rings. The summed E-state index contributed by atoms with van der Waals surface area (Å²) in [5, 5.41) is 9.49. The lowest BCUT2D eigenvalue weighted by atomic mass is 10.0. The van der Waals surface area contributed by atoms with Gasteiger partial charge < -0.3 is 5.11 Å². The van der Waals surface area contributed by atoms with Crippen molar-refractivity contribution in [3.05, 3.63) is 30.0 Å². The van der Waals surface area contributed by atoms with E-state index in [2.05, 4.69) is 25.8 Å². The van der Waals surface area contributed by atoms with Crippen LogP contribution in [-0.4, -0.2) is 21.8 Å². The molecule has 92 valence electrons. The van der Waals surface area contributed by atoms with Gasteiger partial charge in [0.15, 0.2) is 0 Å². The molecule has 1 rings (SSSR count). The summed E-state index contributed by atoms with van der Waals surface area (Å²) in [5.41, 5.74) is 1.07. The van der Waals surface area contributed by atoms with E-state index in [1.807, 2.05) is 12.1 Å². The molecule has 0 amide bonds. The second-order valence-electron chi connectivity index (χ2n) is 4.92. The highest BCUT2D eigenvalue weighted by atomic mass is 32.2. The lowest BCUT2D eigenvalue weighted by Crippen LogP contribution is -2.08. The minimum absolute atomic E-state index is 0.218. The van der Waals surface area contributed by atoms with Crippen LogP contribution in [0, 0.1) is 5.41 Å². The van der Waals surface area contributed by atoms with Crippen LogP contribution >= 0.6 is 11.8 Å². The molecule has 4 heteroatoms. The molecule has 0 saturated heterocycles. The maximum absolute atomic E-state index is 10.5. The van der Waals surface area contributed by atoms with Crippen molar-refractivity contribution < 1.29 is 9.90 Å². The van der Waals surface area contributed by atoms with Crippen LogP contribution in [0.4, 0.5) is 0 Å². The normalized spacial score (nSPS) is 11.9. The molecule has 0 fully saturated rings. The topological polar surface area (TPSA) is 50.2 Å². The Morgan fingerprint density at radius 2 is 2.24 bits per heavy atom. The Morgan fingerprint density at radius 1 is 1.53 bits per heavy atom. The molecule has 3 nitrogen and oxygen atoms in total. The van der Waals surface area contributed by atoms with Gasteiger partial charge >= 0.3 is 5.97 Å². The summed E-state index contributed by atoms with van der Waals surface area (Å²) >= 11 is 1.65. The van der Waals surface area contributed by atoms with Gasteiger partial charge in [-0.25, -0.2) is 9.78 Å². The summed E-state index contributed by atoms with van der Waals surface area (Å²) in [5.74, 6) is -0.00148. The molecule has 0 radical (unpaired) electrons. The molecule has 1 N–H and O–H groups in total. The number of pyridine rings is 1. The van der Waals surface area contributed by atoms with Gasteiger partial charge in [0.2, 0.25) is 0 Å². The van der Waals surface area contributed by atoms with E-state index in [4.69, 9.17) is 5.11 Å². The first-order chi connectivity index (χ1) is 7.88. The molecule has 0 atom stereocenters. The lowest BCUT2D eigenvalue weighted by molar-refractivity contribution is -0.131. The fraction of sp³-hybridized carbons (Fsp3) is 0.385. The first kappa shape index (κ1) is 13.8. The van der Waals surface area contributed by atoms with E-state index < -0.39 is 5.97 Å². The van der Waals surface area contributed by atoms with E-state index in [1.165, 1.54) is 0 Å². The van der Waals surface area contributed by atoms with Crippen LogP contribution in [0.25, 0.3) is 6.08 Å². The number of carbonyl (C=O) groups is 1. The van der Waals surface area contributed by atoms with Crippen LogP contribution < -0.4 is 0 Å². The molecular formula is C13H17NO2S. The van der Waals surface area contributed by atoms with E-state index in [1.54, 1.807) is 24.0 Å². The van der Waals surface area contributed by atoms with Crippen LogP contribution in [0.5, 0.6) is 0 Å². The average molecular weight is 251 g/mol. The predicted octanol–water partition coefficient (Wildman–Crippen LogP) is 3.32. The molecule has 0 aliphatic heterocycles. The zero-order valence-corrected chi connectivity index (χ0v) is 11.1. The van der Waals surface area contributed by atoms with Crippen molar-refractivity contribution in [2.45, 2.75) is 25.8 Å².